The molecule has 1 aromatic heterocycles. The number of aromatic nitrogens is 3. The molecule has 2 unspecified atom stereocenters. The van der Waals surface area contributed by atoms with Gasteiger partial charge in [0.15, 0.2) is 11.8 Å². The van der Waals surface area contributed by atoms with Crippen LogP contribution in [0.15, 0.2) is 4.99 Å². The molecule has 0 radical (unpaired) electrons. The highest BCUT2D eigenvalue weighted by Gasteiger charge is 2.24. The number of nitrogens with one attached hydrogen (secondary N) is 2. The summed E-state index contributed by atoms with van der Waals surface area (Å²) in [6.07, 6.45) is 7.01. The summed E-state index contributed by atoms with van der Waals surface area (Å²) in [5.74, 6) is 2.70. The first-order valence-corrected chi connectivity index (χ1v) is 11.7. The minimum absolute atomic E-state index is 0.504. The van der Waals surface area contributed by atoms with Gasteiger partial charge in [-0.05, 0) is 45.4 Å². The second-order valence-electron chi connectivity index (χ2n) is 7.63. The molecule has 2 N–H and O–H groups in total. The fourth-order valence-electron chi connectivity index (χ4n) is 3.70. The van der Waals surface area contributed by atoms with Crippen LogP contribution >= 0.6 is 11.8 Å². The molecule has 1 aliphatic carbocycles. The highest BCUT2D eigenvalue weighted by atomic mass is 32.2. The maximum Gasteiger partial charge on any atom is 0.191 e. The summed E-state index contributed by atoms with van der Waals surface area (Å²) in [5, 5.41) is 16.3. The van der Waals surface area contributed by atoms with Gasteiger partial charge in [-0.15, -0.1) is 10.2 Å². The maximum absolute atomic E-state index is 5.42. The molecule has 158 valence electrons. The van der Waals surface area contributed by atoms with Crippen molar-refractivity contribution in [3.63, 3.8) is 0 Å². The van der Waals surface area contributed by atoms with Crippen LogP contribution in [0.1, 0.15) is 37.3 Å². The highest BCUT2D eigenvalue weighted by molar-refractivity contribution is 7.99. The van der Waals surface area contributed by atoms with Gasteiger partial charge in [0.05, 0.1) is 13.2 Å². The van der Waals surface area contributed by atoms with Gasteiger partial charge < -0.3 is 19.9 Å². The minimum atomic E-state index is 0.504. The molecule has 0 spiro atoms. The summed E-state index contributed by atoms with van der Waals surface area (Å²) in [6.45, 7) is 8.32. The molecular formula is C19H35N7OS. The van der Waals surface area contributed by atoms with E-state index in [2.05, 4.69) is 32.0 Å². The molecule has 28 heavy (non-hydrogen) atoms. The molecule has 1 aliphatic heterocycles. The van der Waals surface area contributed by atoms with Gasteiger partial charge in [0.25, 0.3) is 0 Å². The van der Waals surface area contributed by atoms with Crippen LogP contribution < -0.4 is 10.6 Å². The number of guanidine groups is 1. The number of thioether (sulfide) groups is 1. The van der Waals surface area contributed by atoms with Gasteiger partial charge in [0, 0.05) is 38.0 Å². The lowest BCUT2D eigenvalue weighted by Crippen LogP contribution is -2.44. The number of nitrogens with zero attached hydrogens (tertiary/aromatic N) is 5. The van der Waals surface area contributed by atoms with Crippen molar-refractivity contribution < 1.29 is 4.74 Å². The first-order valence-electron chi connectivity index (χ1n) is 10.4. The van der Waals surface area contributed by atoms with Crippen LogP contribution in [0, 0.1) is 6.92 Å². The van der Waals surface area contributed by atoms with Crippen LogP contribution in [-0.2, 0) is 18.3 Å². The van der Waals surface area contributed by atoms with E-state index in [0.717, 1.165) is 68.7 Å². The highest BCUT2D eigenvalue weighted by Crippen LogP contribution is 2.28. The Morgan fingerprint density at radius 2 is 2.11 bits per heavy atom. The summed E-state index contributed by atoms with van der Waals surface area (Å²) >= 11 is 1.98. The molecule has 2 fully saturated rings. The Bertz CT molecular complexity index is 630. The number of aryl methyl sites for hydroxylation is 1. The average Bonchev–Trinajstić information content (AvgIpc) is 3.30. The van der Waals surface area contributed by atoms with Crippen molar-refractivity contribution in [1.82, 2.24) is 30.3 Å². The predicted molar refractivity (Wildman–Crippen MR) is 115 cm³/mol. The van der Waals surface area contributed by atoms with Crippen LogP contribution in [0.3, 0.4) is 0 Å². The summed E-state index contributed by atoms with van der Waals surface area (Å²) < 4.78 is 7.42. The van der Waals surface area contributed by atoms with Crippen LogP contribution in [0.25, 0.3) is 0 Å². The smallest absolute Gasteiger partial charge is 0.191 e. The molecule has 8 nitrogen and oxygen atoms in total. The molecule has 0 aromatic carbocycles. The van der Waals surface area contributed by atoms with E-state index in [1.54, 1.807) is 0 Å². The van der Waals surface area contributed by atoms with E-state index in [1.165, 1.54) is 19.3 Å². The van der Waals surface area contributed by atoms with Gasteiger partial charge in [-0.25, -0.2) is 4.99 Å². The van der Waals surface area contributed by atoms with Crippen LogP contribution in [0.5, 0.6) is 0 Å². The maximum atomic E-state index is 5.42. The Balaban J connectivity index is 1.51. The quantitative estimate of drug-likeness (QED) is 0.379. The van der Waals surface area contributed by atoms with Crippen molar-refractivity contribution in [2.45, 2.75) is 50.4 Å². The second-order valence-corrected chi connectivity index (χ2v) is 8.77. The van der Waals surface area contributed by atoms with Crippen molar-refractivity contribution >= 4 is 17.7 Å². The lowest BCUT2D eigenvalue weighted by Gasteiger charge is -2.26. The second kappa shape index (κ2) is 11.0. The lowest BCUT2D eigenvalue weighted by molar-refractivity contribution is 0.0376. The first-order chi connectivity index (χ1) is 13.7. The van der Waals surface area contributed by atoms with Gasteiger partial charge in [-0.2, -0.15) is 11.8 Å². The Morgan fingerprint density at radius 3 is 2.79 bits per heavy atom. The largest absolute Gasteiger partial charge is 0.379 e. The molecule has 2 aliphatic rings. The minimum Gasteiger partial charge on any atom is -0.379 e. The van der Waals surface area contributed by atoms with E-state index in [4.69, 9.17) is 9.73 Å². The van der Waals surface area contributed by atoms with Gasteiger partial charge in [-0.1, -0.05) is 0 Å². The van der Waals surface area contributed by atoms with E-state index >= 15 is 0 Å². The molecule has 3 rings (SSSR count). The molecule has 9 heteroatoms. The number of morpholine rings is 1. The van der Waals surface area contributed by atoms with Crippen molar-refractivity contribution in [2.24, 2.45) is 12.0 Å². The fourth-order valence-corrected chi connectivity index (χ4v) is 4.50. The SMILES string of the molecule is CSC1CCC(NC(=NCc2nnc(C)n2C)NCCCN2CCOCC2)C1. The zero-order valence-corrected chi connectivity index (χ0v) is 18.3. The molecule has 1 aromatic rings. The van der Waals surface area contributed by atoms with E-state index < -0.39 is 0 Å². The van der Waals surface area contributed by atoms with Crippen LogP contribution in [0.4, 0.5) is 0 Å². The Morgan fingerprint density at radius 1 is 1.29 bits per heavy atom. The Labute approximate surface area is 172 Å². The molecule has 0 bridgehead atoms. The lowest BCUT2D eigenvalue weighted by atomic mass is 10.2. The Kier molecular flexibility index (Phi) is 8.42. The number of aliphatic imine (C=N–C) groups is 1. The van der Waals surface area contributed by atoms with Crippen LogP contribution in [0.2, 0.25) is 0 Å². The normalized spacial score (nSPS) is 23.9. The zero-order chi connectivity index (χ0) is 19.8. The van der Waals surface area contributed by atoms with Crippen molar-refractivity contribution in [1.29, 1.82) is 0 Å². The fraction of sp³-hybridized carbons (Fsp3) is 0.842. The van der Waals surface area contributed by atoms with Gasteiger partial charge in [0.1, 0.15) is 12.4 Å². The van der Waals surface area contributed by atoms with E-state index in [1.807, 2.05) is 30.3 Å². The number of ether oxygens (including phenoxy) is 1. The number of hydrogen-bond donors (Lipinski definition) is 2. The van der Waals surface area contributed by atoms with Crippen molar-refractivity contribution in [3.05, 3.63) is 11.6 Å². The van der Waals surface area contributed by atoms with Gasteiger partial charge in [0.2, 0.25) is 0 Å². The van der Waals surface area contributed by atoms with E-state index in [-0.39, 0.29) is 0 Å². The van der Waals surface area contributed by atoms with E-state index in [9.17, 15) is 0 Å². The summed E-state index contributed by atoms with van der Waals surface area (Å²) in [4.78, 5) is 7.27. The van der Waals surface area contributed by atoms with Crippen molar-refractivity contribution in [3.8, 4) is 0 Å². The van der Waals surface area contributed by atoms with Gasteiger partial charge in [-0.3, -0.25) is 4.90 Å². The molecule has 2 atom stereocenters. The molecular weight excluding hydrogens is 374 g/mol. The number of rotatable bonds is 8. The topological polar surface area (TPSA) is 79.6 Å². The predicted octanol–water partition coefficient (Wildman–Crippen LogP) is 1.17. The van der Waals surface area contributed by atoms with Crippen LogP contribution in [-0.4, -0.2) is 82.6 Å². The third kappa shape index (κ3) is 6.35. The molecule has 1 saturated carbocycles. The Hall–Kier alpha value is -1.32. The monoisotopic (exact) mass is 409 g/mol. The molecule has 0 amide bonds. The zero-order valence-electron chi connectivity index (χ0n) is 17.5. The van der Waals surface area contributed by atoms with Crippen molar-refractivity contribution in [2.75, 3.05) is 45.6 Å². The van der Waals surface area contributed by atoms with E-state index in [0.29, 0.717) is 12.6 Å². The van der Waals surface area contributed by atoms with Gasteiger partial charge >= 0.3 is 0 Å². The summed E-state index contributed by atoms with van der Waals surface area (Å²) in [6, 6.07) is 0.504. The summed E-state index contributed by atoms with van der Waals surface area (Å²) in [7, 11) is 1.99. The molecule has 1 saturated heterocycles. The summed E-state index contributed by atoms with van der Waals surface area (Å²) in [5.41, 5.74) is 0. The average molecular weight is 410 g/mol. The third-order valence-corrected chi connectivity index (χ3v) is 6.76. The standard InChI is InChI=1S/C19H35N7OS/c1-15-23-24-18(25(15)2)14-21-19(22-16-5-6-17(13-16)28-3)20-7-4-8-26-9-11-27-12-10-26/h16-17H,4-14H2,1-3H3,(H2,20,21,22). The first kappa shape index (κ1) is 21.4. The molecule has 2 heterocycles. The number of hydrogen-bond acceptors (Lipinski definition) is 6. The third-order valence-electron chi connectivity index (χ3n) is 5.67.